The third-order valence-electron chi connectivity index (χ3n) is 4.39. The lowest BCUT2D eigenvalue weighted by Gasteiger charge is -2.21. The van der Waals surface area contributed by atoms with Gasteiger partial charge in [-0.25, -0.2) is 12.8 Å². The van der Waals surface area contributed by atoms with E-state index in [1.165, 1.54) is 7.05 Å². The predicted molar refractivity (Wildman–Crippen MR) is 103 cm³/mol. The van der Waals surface area contributed by atoms with E-state index in [4.69, 9.17) is 4.74 Å². The number of carbonyl (C=O) groups excluding carboxylic acids is 2. The molecule has 1 fully saturated rings. The highest BCUT2D eigenvalue weighted by Crippen LogP contribution is 2.23. The second-order valence-corrected chi connectivity index (χ2v) is 8.82. The van der Waals surface area contributed by atoms with Gasteiger partial charge in [0.1, 0.15) is 12.4 Å². The van der Waals surface area contributed by atoms with E-state index in [1.807, 2.05) is 0 Å². The van der Waals surface area contributed by atoms with Crippen LogP contribution in [0.5, 0.6) is 0 Å². The summed E-state index contributed by atoms with van der Waals surface area (Å²) in [6.07, 6.45) is 0.575. The molecule has 3 rings (SSSR count). The fraction of sp³-hybridized carbons (Fsp3) is 0.300. The second-order valence-electron chi connectivity index (χ2n) is 6.78. The quantitative estimate of drug-likeness (QED) is 0.660. The fourth-order valence-corrected chi connectivity index (χ4v) is 3.74. The summed E-state index contributed by atoms with van der Waals surface area (Å²) >= 11 is 0. The molecule has 1 N–H and O–H groups in total. The molecule has 1 aliphatic carbocycles. The molecule has 0 radical (unpaired) electrons. The molecule has 7 nitrogen and oxygen atoms in total. The number of hydrogen-bond acceptors (Lipinski definition) is 5. The van der Waals surface area contributed by atoms with Crippen molar-refractivity contribution in [3.8, 4) is 0 Å². The monoisotopic (exact) mass is 420 g/mol. The number of ether oxygens (including phenoxy) is 1. The number of nitrogens with zero attached hydrogens (tertiary/aromatic N) is 1. The molecule has 1 atom stereocenters. The van der Waals surface area contributed by atoms with Crippen LogP contribution < -0.4 is 5.32 Å². The van der Waals surface area contributed by atoms with E-state index in [0.717, 1.165) is 41.4 Å². The van der Waals surface area contributed by atoms with Crippen molar-refractivity contribution < 1.29 is 27.1 Å². The van der Waals surface area contributed by atoms with E-state index in [-0.39, 0.29) is 10.9 Å². The number of amides is 1. The van der Waals surface area contributed by atoms with Crippen molar-refractivity contribution >= 4 is 21.9 Å². The van der Waals surface area contributed by atoms with Crippen LogP contribution in [0.25, 0.3) is 0 Å². The summed E-state index contributed by atoms with van der Waals surface area (Å²) in [5.74, 6) is -1.90. The van der Waals surface area contributed by atoms with E-state index >= 15 is 0 Å². The minimum atomic E-state index is -4.02. The lowest BCUT2D eigenvalue weighted by Crippen LogP contribution is -2.37. The Labute approximate surface area is 168 Å². The number of sulfonamides is 1. The van der Waals surface area contributed by atoms with Gasteiger partial charge in [-0.15, -0.1) is 0 Å². The van der Waals surface area contributed by atoms with Crippen LogP contribution in [0, 0.1) is 5.82 Å². The van der Waals surface area contributed by atoms with Crippen molar-refractivity contribution in [2.45, 2.75) is 29.9 Å². The van der Waals surface area contributed by atoms with Gasteiger partial charge in [0, 0.05) is 18.7 Å². The van der Waals surface area contributed by atoms with Crippen LogP contribution in [-0.2, 0) is 24.3 Å². The van der Waals surface area contributed by atoms with Crippen LogP contribution in [0.1, 0.15) is 24.5 Å². The molecule has 1 unspecified atom stereocenters. The largest absolute Gasteiger partial charge is 0.446 e. The van der Waals surface area contributed by atoms with Gasteiger partial charge in [-0.2, -0.15) is 4.31 Å². The number of likely N-dealkylation sites (N-methyl/N-ethyl adjacent to an activating group) is 1. The summed E-state index contributed by atoms with van der Waals surface area (Å²) < 4.78 is 44.2. The molecule has 1 aliphatic rings. The maximum Gasteiger partial charge on any atom is 0.322 e. The molecule has 2 aromatic rings. The Balaban J connectivity index is 1.70. The normalized spacial score (nSPS) is 15.0. The zero-order valence-electron chi connectivity index (χ0n) is 15.7. The molecule has 0 aliphatic heterocycles. The Morgan fingerprint density at radius 3 is 2.34 bits per heavy atom. The first-order valence-corrected chi connectivity index (χ1v) is 10.5. The Morgan fingerprint density at radius 2 is 1.76 bits per heavy atom. The number of benzene rings is 2. The van der Waals surface area contributed by atoms with E-state index in [0.29, 0.717) is 5.56 Å². The van der Waals surface area contributed by atoms with Crippen LogP contribution in [0.3, 0.4) is 0 Å². The van der Waals surface area contributed by atoms with Gasteiger partial charge in [0.25, 0.3) is 5.91 Å². The van der Waals surface area contributed by atoms with Crippen LogP contribution in [-0.4, -0.2) is 44.2 Å². The molecule has 0 aromatic heterocycles. The summed E-state index contributed by atoms with van der Waals surface area (Å²) in [5, 5.41) is 2.79. The molecule has 1 saturated carbocycles. The van der Waals surface area contributed by atoms with Crippen molar-refractivity contribution in [3.63, 3.8) is 0 Å². The number of carbonyl (C=O) groups is 2. The maximum absolute atomic E-state index is 13.0. The maximum atomic E-state index is 13.0. The lowest BCUT2D eigenvalue weighted by atomic mass is 10.1. The van der Waals surface area contributed by atoms with Crippen LogP contribution in [0.4, 0.5) is 4.39 Å². The van der Waals surface area contributed by atoms with Crippen LogP contribution in [0.2, 0.25) is 0 Å². The molecule has 2 aromatic carbocycles. The minimum Gasteiger partial charge on any atom is -0.446 e. The molecule has 9 heteroatoms. The van der Waals surface area contributed by atoms with Crippen molar-refractivity contribution in [1.29, 1.82) is 0 Å². The number of hydrogen-bond donors (Lipinski definition) is 1. The van der Waals surface area contributed by atoms with Gasteiger partial charge < -0.3 is 10.1 Å². The molecule has 0 spiro atoms. The van der Waals surface area contributed by atoms with Crippen molar-refractivity contribution in [2.24, 2.45) is 0 Å². The zero-order valence-corrected chi connectivity index (χ0v) is 16.6. The highest BCUT2D eigenvalue weighted by atomic mass is 32.2. The summed E-state index contributed by atoms with van der Waals surface area (Å²) in [5.41, 5.74) is 0.489. The van der Waals surface area contributed by atoms with E-state index < -0.39 is 40.4 Å². The Kier molecular flexibility index (Phi) is 6.29. The lowest BCUT2D eigenvalue weighted by molar-refractivity contribution is -0.156. The van der Waals surface area contributed by atoms with Gasteiger partial charge in [-0.05, 0) is 37.1 Å². The SMILES string of the molecule is CN(CC(=O)OC(C(=O)NC1CC1)c1ccccc1)S(=O)(=O)c1ccc(F)cc1. The van der Waals surface area contributed by atoms with Crippen LogP contribution >= 0.6 is 0 Å². The van der Waals surface area contributed by atoms with Crippen LogP contribution in [0.15, 0.2) is 59.5 Å². The fourth-order valence-electron chi connectivity index (χ4n) is 2.63. The van der Waals surface area contributed by atoms with Gasteiger partial charge in [0.2, 0.25) is 16.1 Å². The number of rotatable bonds is 8. The smallest absolute Gasteiger partial charge is 0.322 e. The number of esters is 1. The van der Waals surface area contributed by atoms with E-state index in [1.54, 1.807) is 30.3 Å². The Bertz CT molecular complexity index is 976. The molecule has 29 heavy (non-hydrogen) atoms. The zero-order chi connectivity index (χ0) is 21.0. The standard InChI is InChI=1S/C20H21FN2O5S/c1-23(29(26,27)17-11-7-15(21)8-12-17)13-18(24)28-19(14-5-3-2-4-6-14)20(25)22-16-9-10-16/h2-8,11-12,16,19H,9-10,13H2,1H3,(H,22,25). The van der Waals surface area contributed by atoms with Gasteiger partial charge >= 0.3 is 5.97 Å². The molecule has 154 valence electrons. The Morgan fingerprint density at radius 1 is 1.14 bits per heavy atom. The van der Waals surface area contributed by atoms with E-state index in [2.05, 4.69) is 5.32 Å². The molecule has 0 heterocycles. The van der Waals surface area contributed by atoms with Gasteiger partial charge in [0.05, 0.1) is 4.90 Å². The van der Waals surface area contributed by atoms with Gasteiger partial charge in [-0.1, -0.05) is 30.3 Å². The average Bonchev–Trinajstić information content (AvgIpc) is 3.51. The third-order valence-corrected chi connectivity index (χ3v) is 6.20. The molecule has 0 bridgehead atoms. The highest BCUT2D eigenvalue weighted by Gasteiger charge is 2.32. The number of halogens is 1. The summed E-state index contributed by atoms with van der Waals surface area (Å²) in [7, 11) is -2.81. The average molecular weight is 420 g/mol. The minimum absolute atomic E-state index is 0.0777. The Hall–Kier alpha value is -2.78. The first kappa shape index (κ1) is 20.9. The summed E-state index contributed by atoms with van der Waals surface area (Å²) in [6.45, 7) is -0.597. The second kappa shape index (κ2) is 8.71. The van der Waals surface area contributed by atoms with Crippen molar-refractivity contribution in [3.05, 3.63) is 66.0 Å². The topological polar surface area (TPSA) is 92.8 Å². The summed E-state index contributed by atoms with van der Waals surface area (Å²) in [4.78, 5) is 24.8. The van der Waals surface area contributed by atoms with Crippen molar-refractivity contribution in [1.82, 2.24) is 9.62 Å². The third kappa shape index (κ3) is 5.39. The first-order valence-electron chi connectivity index (χ1n) is 9.04. The van der Waals surface area contributed by atoms with Gasteiger partial charge in [-0.3, -0.25) is 9.59 Å². The summed E-state index contributed by atoms with van der Waals surface area (Å²) in [6, 6.07) is 12.9. The highest BCUT2D eigenvalue weighted by molar-refractivity contribution is 7.89. The van der Waals surface area contributed by atoms with E-state index in [9.17, 15) is 22.4 Å². The van der Waals surface area contributed by atoms with Crippen molar-refractivity contribution in [2.75, 3.05) is 13.6 Å². The molecular formula is C20H21FN2O5S. The van der Waals surface area contributed by atoms with Gasteiger partial charge in [0.15, 0.2) is 0 Å². The molecular weight excluding hydrogens is 399 g/mol. The molecule has 1 amide bonds. The predicted octanol–water partition coefficient (Wildman–Crippen LogP) is 2.01. The first-order chi connectivity index (χ1) is 13.8. The number of nitrogens with one attached hydrogen (secondary N) is 1. The molecule has 0 saturated heterocycles.